The highest BCUT2D eigenvalue weighted by Gasteiger charge is 2.23. The lowest BCUT2D eigenvalue weighted by molar-refractivity contribution is -0.122. The molecule has 4 rings (SSSR count). The van der Waals surface area contributed by atoms with Crippen LogP contribution >= 0.6 is 0 Å². The van der Waals surface area contributed by atoms with Gasteiger partial charge in [0.05, 0.1) is 6.54 Å². The van der Waals surface area contributed by atoms with Gasteiger partial charge in [-0.2, -0.15) is 0 Å². The molecule has 0 unspecified atom stereocenters. The smallest absolute Gasteiger partial charge is 0.234 e. The molecule has 28 heavy (non-hydrogen) atoms. The topological polar surface area (TPSA) is 35.6 Å². The molecule has 0 aliphatic carbocycles. The van der Waals surface area contributed by atoms with Crippen LogP contribution in [-0.4, -0.2) is 50.1 Å². The van der Waals surface area contributed by atoms with Crippen LogP contribution in [0.3, 0.4) is 0 Å². The van der Waals surface area contributed by atoms with Crippen molar-refractivity contribution in [2.75, 3.05) is 44.2 Å². The number of para-hydroxylation sites is 1. The fourth-order valence-corrected chi connectivity index (χ4v) is 4.16. The van der Waals surface area contributed by atoms with Gasteiger partial charge in [-0.15, -0.1) is 0 Å². The number of rotatable bonds is 6. The Bertz CT molecular complexity index is 803. The Hall–Kier alpha value is -2.59. The van der Waals surface area contributed by atoms with E-state index in [1.807, 2.05) is 6.07 Å². The van der Waals surface area contributed by atoms with Crippen LogP contribution in [0.1, 0.15) is 18.4 Å². The summed E-state index contributed by atoms with van der Waals surface area (Å²) in [6, 6.07) is 21.1. The summed E-state index contributed by atoms with van der Waals surface area (Å²) in [6.45, 7) is 5.16. The van der Waals surface area contributed by atoms with Crippen molar-refractivity contribution in [1.82, 2.24) is 10.2 Å². The Kier molecular flexibility index (Phi) is 6.07. The van der Waals surface area contributed by atoms with Crippen molar-refractivity contribution in [2.45, 2.75) is 12.8 Å². The SMILES string of the molecule is O=C(CN1CC=C(c2ccccc2)CC1)NC[C@@H]1CCN(c2ccccc2)C1. The first-order valence-electron chi connectivity index (χ1n) is 10.3. The highest BCUT2D eigenvalue weighted by Crippen LogP contribution is 2.23. The summed E-state index contributed by atoms with van der Waals surface area (Å²) in [7, 11) is 0. The van der Waals surface area contributed by atoms with Gasteiger partial charge in [0, 0.05) is 38.4 Å². The number of amides is 1. The number of carbonyl (C=O) groups is 1. The zero-order chi connectivity index (χ0) is 19.2. The van der Waals surface area contributed by atoms with Gasteiger partial charge in [-0.1, -0.05) is 54.6 Å². The second-order valence-electron chi connectivity index (χ2n) is 7.82. The number of carbonyl (C=O) groups excluding carboxylic acids is 1. The lowest BCUT2D eigenvalue weighted by atomic mass is 10.00. The third kappa shape index (κ3) is 4.82. The summed E-state index contributed by atoms with van der Waals surface area (Å²) >= 11 is 0. The molecule has 1 fully saturated rings. The van der Waals surface area contributed by atoms with Gasteiger partial charge >= 0.3 is 0 Å². The van der Waals surface area contributed by atoms with E-state index in [0.717, 1.165) is 45.6 Å². The zero-order valence-corrected chi connectivity index (χ0v) is 16.4. The van der Waals surface area contributed by atoms with Crippen LogP contribution in [0, 0.1) is 5.92 Å². The van der Waals surface area contributed by atoms with Gasteiger partial charge in [0.15, 0.2) is 0 Å². The number of hydrogen-bond acceptors (Lipinski definition) is 3. The molecule has 0 bridgehead atoms. The molecule has 4 heteroatoms. The fraction of sp³-hybridized carbons (Fsp3) is 0.375. The third-order valence-electron chi connectivity index (χ3n) is 5.80. The highest BCUT2D eigenvalue weighted by molar-refractivity contribution is 5.78. The molecule has 2 aromatic carbocycles. The van der Waals surface area contributed by atoms with Gasteiger partial charge in [0.1, 0.15) is 0 Å². The van der Waals surface area contributed by atoms with E-state index in [2.05, 4.69) is 75.8 Å². The molecule has 2 heterocycles. The van der Waals surface area contributed by atoms with Crippen LogP contribution in [0.15, 0.2) is 66.7 Å². The number of hydrogen-bond donors (Lipinski definition) is 1. The van der Waals surface area contributed by atoms with Crippen molar-refractivity contribution in [2.24, 2.45) is 5.92 Å². The Morgan fingerprint density at radius 3 is 2.46 bits per heavy atom. The summed E-state index contributed by atoms with van der Waals surface area (Å²) in [5, 5.41) is 3.16. The number of anilines is 1. The maximum absolute atomic E-state index is 12.4. The van der Waals surface area contributed by atoms with Crippen LogP contribution in [0.25, 0.3) is 5.57 Å². The number of benzene rings is 2. The van der Waals surface area contributed by atoms with E-state index >= 15 is 0 Å². The first-order chi connectivity index (χ1) is 13.8. The lowest BCUT2D eigenvalue weighted by Crippen LogP contribution is -2.41. The van der Waals surface area contributed by atoms with Crippen molar-refractivity contribution in [3.05, 3.63) is 72.3 Å². The minimum Gasteiger partial charge on any atom is -0.371 e. The van der Waals surface area contributed by atoms with E-state index in [1.54, 1.807) is 0 Å². The third-order valence-corrected chi connectivity index (χ3v) is 5.80. The van der Waals surface area contributed by atoms with E-state index in [-0.39, 0.29) is 5.91 Å². The summed E-state index contributed by atoms with van der Waals surface area (Å²) in [6.07, 6.45) is 4.41. The Morgan fingerprint density at radius 1 is 1.00 bits per heavy atom. The van der Waals surface area contributed by atoms with E-state index in [1.165, 1.54) is 16.8 Å². The van der Waals surface area contributed by atoms with Crippen LogP contribution in [-0.2, 0) is 4.79 Å². The molecular weight excluding hydrogens is 346 g/mol. The first-order valence-corrected chi connectivity index (χ1v) is 10.3. The second kappa shape index (κ2) is 9.07. The minimum absolute atomic E-state index is 0.148. The van der Waals surface area contributed by atoms with Gasteiger partial charge < -0.3 is 10.2 Å². The number of nitrogens with zero attached hydrogens (tertiary/aromatic N) is 2. The van der Waals surface area contributed by atoms with Crippen LogP contribution in [0.5, 0.6) is 0 Å². The second-order valence-corrected chi connectivity index (χ2v) is 7.82. The van der Waals surface area contributed by atoms with Crippen molar-refractivity contribution < 1.29 is 4.79 Å². The maximum atomic E-state index is 12.4. The minimum atomic E-state index is 0.148. The van der Waals surface area contributed by atoms with Crippen LogP contribution < -0.4 is 10.2 Å². The standard InChI is InChI=1S/C24H29N3O/c28-24(19-26-14-12-22(13-15-26)21-7-3-1-4-8-21)25-17-20-11-16-27(18-20)23-9-5-2-6-10-23/h1-10,12,20H,11,13-19H2,(H,25,28)/t20-/m0/s1. The van der Waals surface area contributed by atoms with Gasteiger partial charge in [-0.05, 0) is 42.0 Å². The maximum Gasteiger partial charge on any atom is 0.234 e. The Labute approximate surface area is 167 Å². The summed E-state index contributed by atoms with van der Waals surface area (Å²) in [4.78, 5) is 17.0. The molecule has 0 spiro atoms. The van der Waals surface area contributed by atoms with Gasteiger partial charge in [0.2, 0.25) is 5.91 Å². The van der Waals surface area contributed by atoms with E-state index in [9.17, 15) is 4.79 Å². The fourth-order valence-electron chi connectivity index (χ4n) is 4.16. The zero-order valence-electron chi connectivity index (χ0n) is 16.4. The molecule has 1 atom stereocenters. The van der Waals surface area contributed by atoms with E-state index < -0.39 is 0 Å². The van der Waals surface area contributed by atoms with Crippen molar-refractivity contribution in [3.63, 3.8) is 0 Å². The van der Waals surface area contributed by atoms with Gasteiger partial charge in [0.25, 0.3) is 0 Å². The molecule has 0 saturated carbocycles. The average molecular weight is 376 g/mol. The van der Waals surface area contributed by atoms with Gasteiger partial charge in [-0.3, -0.25) is 9.69 Å². The quantitative estimate of drug-likeness (QED) is 0.840. The average Bonchev–Trinajstić information content (AvgIpc) is 3.23. The highest BCUT2D eigenvalue weighted by atomic mass is 16.2. The molecule has 2 aromatic rings. The predicted molar refractivity (Wildman–Crippen MR) is 115 cm³/mol. The molecule has 4 nitrogen and oxygen atoms in total. The molecule has 1 saturated heterocycles. The Morgan fingerprint density at radius 2 is 1.75 bits per heavy atom. The molecule has 2 aliphatic rings. The summed E-state index contributed by atoms with van der Waals surface area (Å²) in [5.74, 6) is 0.685. The summed E-state index contributed by atoms with van der Waals surface area (Å²) < 4.78 is 0. The normalized spacial score (nSPS) is 20.1. The monoisotopic (exact) mass is 375 g/mol. The molecule has 2 aliphatic heterocycles. The molecule has 146 valence electrons. The van der Waals surface area contributed by atoms with Crippen molar-refractivity contribution in [1.29, 1.82) is 0 Å². The molecule has 0 radical (unpaired) electrons. The number of nitrogens with one attached hydrogen (secondary N) is 1. The van der Waals surface area contributed by atoms with E-state index in [0.29, 0.717) is 12.5 Å². The molecule has 0 aromatic heterocycles. The molecule has 1 N–H and O–H groups in total. The first kappa shape index (κ1) is 18.8. The van der Waals surface area contributed by atoms with Crippen LogP contribution in [0.2, 0.25) is 0 Å². The summed E-state index contributed by atoms with van der Waals surface area (Å²) in [5.41, 5.74) is 3.98. The van der Waals surface area contributed by atoms with Crippen molar-refractivity contribution in [3.8, 4) is 0 Å². The lowest BCUT2D eigenvalue weighted by Gasteiger charge is -2.26. The predicted octanol–water partition coefficient (Wildman–Crippen LogP) is 3.42. The Balaban J connectivity index is 1.19. The van der Waals surface area contributed by atoms with E-state index in [4.69, 9.17) is 0 Å². The van der Waals surface area contributed by atoms with Crippen LogP contribution in [0.4, 0.5) is 5.69 Å². The molecule has 1 amide bonds. The van der Waals surface area contributed by atoms with Crippen molar-refractivity contribution >= 4 is 17.2 Å². The molecular formula is C24H29N3O. The largest absolute Gasteiger partial charge is 0.371 e. The van der Waals surface area contributed by atoms with Gasteiger partial charge in [-0.25, -0.2) is 0 Å².